The van der Waals surface area contributed by atoms with Crippen molar-refractivity contribution in [1.29, 1.82) is 0 Å². The minimum absolute atomic E-state index is 0.271. The highest BCUT2D eigenvalue weighted by molar-refractivity contribution is 5.59. The normalized spacial score (nSPS) is 17.1. The van der Waals surface area contributed by atoms with Gasteiger partial charge in [0.1, 0.15) is 0 Å². The second kappa shape index (κ2) is 5.17. The van der Waals surface area contributed by atoms with E-state index in [9.17, 15) is 0 Å². The molecule has 3 nitrogen and oxygen atoms in total. The maximum atomic E-state index is 6.05. The monoisotopic (exact) mass is 267 g/mol. The van der Waals surface area contributed by atoms with Crippen LogP contribution in [0.15, 0.2) is 48.5 Å². The van der Waals surface area contributed by atoms with Crippen LogP contribution in [-0.2, 0) is 6.54 Å². The van der Waals surface area contributed by atoms with Gasteiger partial charge < -0.3 is 15.5 Å². The van der Waals surface area contributed by atoms with E-state index in [4.69, 9.17) is 5.73 Å². The fraction of sp³-hybridized carbons (Fsp3) is 0.294. The number of rotatable bonds is 3. The highest BCUT2D eigenvalue weighted by atomic mass is 15.2. The molecule has 2 N–H and O–H groups in total. The molecular weight excluding hydrogens is 246 g/mol. The van der Waals surface area contributed by atoms with Crippen molar-refractivity contribution >= 4 is 11.4 Å². The van der Waals surface area contributed by atoms with Crippen molar-refractivity contribution in [1.82, 2.24) is 0 Å². The molecule has 1 unspecified atom stereocenters. The first-order valence-corrected chi connectivity index (χ1v) is 7.02. The van der Waals surface area contributed by atoms with E-state index in [2.05, 4.69) is 66.4 Å². The Labute approximate surface area is 120 Å². The van der Waals surface area contributed by atoms with Crippen LogP contribution in [0.2, 0.25) is 0 Å². The van der Waals surface area contributed by atoms with Gasteiger partial charge in [-0.3, -0.25) is 0 Å². The minimum atomic E-state index is 0.271. The lowest BCUT2D eigenvalue weighted by molar-refractivity contribution is 0.679. The first-order valence-electron chi connectivity index (χ1n) is 7.02. The maximum absolute atomic E-state index is 6.05. The molecule has 2 aromatic carbocycles. The number of nitrogens with two attached hydrogens (primary N) is 1. The van der Waals surface area contributed by atoms with Crippen molar-refractivity contribution in [3.8, 4) is 0 Å². The van der Waals surface area contributed by atoms with Crippen molar-refractivity contribution in [2.24, 2.45) is 5.73 Å². The van der Waals surface area contributed by atoms with Gasteiger partial charge in [0.15, 0.2) is 0 Å². The quantitative estimate of drug-likeness (QED) is 0.928. The zero-order valence-electron chi connectivity index (χ0n) is 12.1. The molecule has 0 saturated carbocycles. The van der Waals surface area contributed by atoms with Crippen LogP contribution in [-0.4, -0.2) is 20.6 Å². The topological polar surface area (TPSA) is 32.5 Å². The molecule has 0 spiro atoms. The van der Waals surface area contributed by atoms with E-state index in [0.29, 0.717) is 6.54 Å². The van der Waals surface area contributed by atoms with Crippen molar-refractivity contribution < 1.29 is 0 Å². The van der Waals surface area contributed by atoms with Gasteiger partial charge >= 0.3 is 0 Å². The smallest absolute Gasteiger partial charge is 0.0672 e. The largest absolute Gasteiger partial charge is 0.378 e. The van der Waals surface area contributed by atoms with Crippen molar-refractivity contribution in [3.05, 3.63) is 59.7 Å². The van der Waals surface area contributed by atoms with Crippen LogP contribution in [0.1, 0.15) is 17.2 Å². The molecule has 0 fully saturated rings. The molecule has 0 bridgehead atoms. The molecule has 2 aromatic rings. The summed E-state index contributed by atoms with van der Waals surface area (Å²) in [6.07, 6.45) is 0. The minimum Gasteiger partial charge on any atom is -0.378 e. The van der Waals surface area contributed by atoms with Gasteiger partial charge in [0, 0.05) is 38.6 Å². The van der Waals surface area contributed by atoms with Gasteiger partial charge in [0.05, 0.1) is 6.04 Å². The fourth-order valence-corrected chi connectivity index (χ4v) is 2.92. The van der Waals surface area contributed by atoms with Crippen molar-refractivity contribution in [3.63, 3.8) is 0 Å². The molecule has 1 heterocycles. The van der Waals surface area contributed by atoms with Crippen LogP contribution in [0, 0.1) is 0 Å². The molecule has 0 saturated heterocycles. The lowest BCUT2D eigenvalue weighted by Gasteiger charge is -2.26. The molecule has 0 amide bonds. The maximum Gasteiger partial charge on any atom is 0.0672 e. The van der Waals surface area contributed by atoms with Gasteiger partial charge in [0.2, 0.25) is 0 Å². The zero-order chi connectivity index (χ0) is 14.1. The van der Waals surface area contributed by atoms with E-state index in [-0.39, 0.29) is 6.04 Å². The van der Waals surface area contributed by atoms with Crippen LogP contribution in [0.4, 0.5) is 11.4 Å². The standard InChI is InChI=1S/C17H21N3/c1-19(2)15-9-8-13-12-20(14-6-4-3-5-7-14)17(11-18)16(13)10-15/h3-10,17H,11-12,18H2,1-2H3. The zero-order valence-corrected chi connectivity index (χ0v) is 12.1. The van der Waals surface area contributed by atoms with Crippen molar-refractivity contribution in [2.75, 3.05) is 30.4 Å². The van der Waals surface area contributed by atoms with Crippen LogP contribution < -0.4 is 15.5 Å². The number of nitrogens with zero attached hydrogens (tertiary/aromatic N) is 2. The third-order valence-corrected chi connectivity index (χ3v) is 4.03. The Kier molecular flexibility index (Phi) is 3.36. The van der Waals surface area contributed by atoms with Crippen LogP contribution in [0.25, 0.3) is 0 Å². The first-order chi connectivity index (χ1) is 9.70. The van der Waals surface area contributed by atoms with E-state index < -0.39 is 0 Å². The second-order valence-corrected chi connectivity index (χ2v) is 5.49. The average molecular weight is 267 g/mol. The lowest BCUT2D eigenvalue weighted by atomic mass is 10.0. The summed E-state index contributed by atoms with van der Waals surface area (Å²) in [5.74, 6) is 0. The van der Waals surface area contributed by atoms with Crippen molar-refractivity contribution in [2.45, 2.75) is 12.6 Å². The number of benzene rings is 2. The Morgan fingerprint density at radius 3 is 2.55 bits per heavy atom. The van der Waals surface area contributed by atoms with E-state index in [1.165, 1.54) is 22.5 Å². The summed E-state index contributed by atoms with van der Waals surface area (Å²) in [6.45, 7) is 1.58. The average Bonchev–Trinajstić information content (AvgIpc) is 2.85. The summed E-state index contributed by atoms with van der Waals surface area (Å²) < 4.78 is 0. The van der Waals surface area contributed by atoms with E-state index in [1.807, 2.05) is 6.07 Å². The third kappa shape index (κ3) is 2.14. The molecule has 0 radical (unpaired) electrons. The number of hydrogen-bond donors (Lipinski definition) is 1. The number of para-hydroxylation sites is 1. The molecule has 20 heavy (non-hydrogen) atoms. The summed E-state index contributed by atoms with van der Waals surface area (Å²) in [6, 6.07) is 17.5. The van der Waals surface area contributed by atoms with Gasteiger partial charge in [-0.15, -0.1) is 0 Å². The molecule has 1 aliphatic heterocycles. The molecule has 3 heteroatoms. The lowest BCUT2D eigenvalue weighted by Crippen LogP contribution is -2.27. The summed E-state index contributed by atoms with van der Waals surface area (Å²) in [7, 11) is 4.15. The fourth-order valence-electron chi connectivity index (χ4n) is 2.92. The Morgan fingerprint density at radius 1 is 1.15 bits per heavy atom. The van der Waals surface area contributed by atoms with Crippen LogP contribution in [0.3, 0.4) is 0 Å². The molecule has 0 aromatic heterocycles. The molecule has 3 rings (SSSR count). The number of fused-ring (bicyclic) bond motifs is 1. The molecule has 1 aliphatic rings. The van der Waals surface area contributed by atoms with E-state index in [1.54, 1.807) is 0 Å². The van der Waals surface area contributed by atoms with Crippen LogP contribution >= 0.6 is 0 Å². The second-order valence-electron chi connectivity index (χ2n) is 5.49. The van der Waals surface area contributed by atoms with Crippen LogP contribution in [0.5, 0.6) is 0 Å². The number of hydrogen-bond acceptors (Lipinski definition) is 3. The Hall–Kier alpha value is -2.00. The molecule has 1 atom stereocenters. The van der Waals surface area contributed by atoms with Gasteiger partial charge in [0.25, 0.3) is 0 Å². The highest BCUT2D eigenvalue weighted by Gasteiger charge is 2.29. The Balaban J connectivity index is 1.99. The summed E-state index contributed by atoms with van der Waals surface area (Å²) in [4.78, 5) is 4.53. The van der Waals surface area contributed by atoms with Gasteiger partial charge in [-0.05, 0) is 35.4 Å². The summed E-state index contributed by atoms with van der Waals surface area (Å²) >= 11 is 0. The molecule has 0 aliphatic carbocycles. The Morgan fingerprint density at radius 2 is 1.90 bits per heavy atom. The predicted molar refractivity (Wildman–Crippen MR) is 85.2 cm³/mol. The SMILES string of the molecule is CN(C)c1ccc2c(c1)C(CN)N(c1ccccc1)C2. The summed E-state index contributed by atoms with van der Waals surface area (Å²) in [5, 5.41) is 0. The third-order valence-electron chi connectivity index (χ3n) is 4.03. The predicted octanol–water partition coefficient (Wildman–Crippen LogP) is 2.77. The summed E-state index contributed by atoms with van der Waals surface area (Å²) in [5.41, 5.74) is 11.3. The van der Waals surface area contributed by atoms with E-state index in [0.717, 1.165) is 6.54 Å². The molecular formula is C17H21N3. The van der Waals surface area contributed by atoms with Gasteiger partial charge in [-0.2, -0.15) is 0 Å². The molecule has 104 valence electrons. The first kappa shape index (κ1) is 13.0. The van der Waals surface area contributed by atoms with Gasteiger partial charge in [-0.1, -0.05) is 24.3 Å². The highest BCUT2D eigenvalue weighted by Crippen LogP contribution is 2.38. The Bertz CT molecular complexity index is 592. The number of anilines is 2. The van der Waals surface area contributed by atoms with E-state index >= 15 is 0 Å². The van der Waals surface area contributed by atoms with Gasteiger partial charge in [-0.25, -0.2) is 0 Å².